The molecular formula is C40H48N6O4. The van der Waals surface area contributed by atoms with Gasteiger partial charge in [0.1, 0.15) is 22.9 Å². The van der Waals surface area contributed by atoms with Gasteiger partial charge in [-0.2, -0.15) is 0 Å². The Balaban J connectivity index is 0.953. The number of hydrogen-bond acceptors (Lipinski definition) is 6. The molecule has 2 N–H and O–H groups in total. The number of rotatable bonds is 5. The van der Waals surface area contributed by atoms with Crippen molar-refractivity contribution in [3.8, 4) is 33.6 Å². The van der Waals surface area contributed by atoms with Gasteiger partial charge in [0.2, 0.25) is 0 Å². The molecule has 2 saturated heterocycles. The highest BCUT2D eigenvalue weighted by atomic mass is 16.6. The van der Waals surface area contributed by atoms with E-state index in [0.717, 1.165) is 83.8 Å². The van der Waals surface area contributed by atoms with Crippen molar-refractivity contribution >= 4 is 12.2 Å². The molecule has 2 aliphatic carbocycles. The summed E-state index contributed by atoms with van der Waals surface area (Å²) < 4.78 is 11.6. The van der Waals surface area contributed by atoms with E-state index >= 15 is 0 Å². The quantitative estimate of drug-likeness (QED) is 0.218. The zero-order valence-electron chi connectivity index (χ0n) is 29.9. The van der Waals surface area contributed by atoms with Crippen LogP contribution in [0.25, 0.3) is 33.6 Å². The Bertz CT molecular complexity index is 1740. The number of carbonyl (C=O) groups excluding carboxylic acids is 2. The van der Waals surface area contributed by atoms with Crippen LogP contribution in [-0.4, -0.2) is 65.2 Å². The summed E-state index contributed by atoms with van der Waals surface area (Å²) in [7, 11) is 0. The van der Waals surface area contributed by atoms with Crippen LogP contribution in [0.3, 0.4) is 0 Å². The number of H-pyrrole nitrogens is 2. The molecule has 0 radical (unpaired) electrons. The van der Waals surface area contributed by atoms with Crippen molar-refractivity contribution in [2.24, 2.45) is 11.8 Å². The molecule has 262 valence electrons. The van der Waals surface area contributed by atoms with Crippen molar-refractivity contribution in [2.75, 3.05) is 0 Å². The second kappa shape index (κ2) is 12.0. The van der Waals surface area contributed by atoms with Gasteiger partial charge in [-0.1, -0.05) is 48.5 Å². The molecule has 2 aromatic carbocycles. The molecular weight excluding hydrogens is 628 g/mol. The van der Waals surface area contributed by atoms with Crippen molar-refractivity contribution in [3.63, 3.8) is 0 Å². The maximum Gasteiger partial charge on any atom is 0.411 e. The molecule has 50 heavy (non-hydrogen) atoms. The van der Waals surface area contributed by atoms with Gasteiger partial charge in [0.15, 0.2) is 0 Å². The van der Waals surface area contributed by atoms with Crippen LogP contribution in [0.15, 0.2) is 60.9 Å². The molecule has 8 rings (SSSR count). The maximum atomic E-state index is 13.2. The minimum absolute atomic E-state index is 0.0849. The summed E-state index contributed by atoms with van der Waals surface area (Å²) in [6.07, 6.45) is 9.52. The van der Waals surface area contributed by atoms with E-state index in [1.54, 1.807) is 0 Å². The highest BCUT2D eigenvalue weighted by molar-refractivity contribution is 5.73. The monoisotopic (exact) mass is 676 g/mol. The largest absolute Gasteiger partial charge is 0.444 e. The van der Waals surface area contributed by atoms with Crippen LogP contribution in [0.2, 0.25) is 0 Å². The van der Waals surface area contributed by atoms with Crippen molar-refractivity contribution < 1.29 is 19.1 Å². The van der Waals surface area contributed by atoms with E-state index in [1.807, 2.05) is 63.7 Å². The Kier molecular flexibility index (Phi) is 7.84. The van der Waals surface area contributed by atoms with Crippen LogP contribution in [0.4, 0.5) is 9.59 Å². The van der Waals surface area contributed by atoms with E-state index in [0.29, 0.717) is 11.8 Å². The maximum absolute atomic E-state index is 13.2. The molecule has 4 aromatic rings. The first-order valence-corrected chi connectivity index (χ1v) is 18.1. The van der Waals surface area contributed by atoms with Crippen LogP contribution in [-0.2, 0) is 9.47 Å². The molecule has 6 unspecified atom stereocenters. The fourth-order valence-corrected chi connectivity index (χ4v) is 8.79. The Morgan fingerprint density at radius 1 is 0.600 bits per heavy atom. The Hall–Kier alpha value is -4.60. The molecule has 0 spiro atoms. The number of nitrogens with zero attached hydrogens (tertiary/aromatic N) is 4. The van der Waals surface area contributed by atoms with Crippen molar-refractivity contribution in [1.29, 1.82) is 0 Å². The molecule has 4 aliphatic rings. The van der Waals surface area contributed by atoms with Crippen LogP contribution in [0, 0.1) is 11.8 Å². The van der Waals surface area contributed by atoms with E-state index in [9.17, 15) is 9.59 Å². The number of amides is 2. The van der Waals surface area contributed by atoms with Crippen LogP contribution >= 0.6 is 0 Å². The van der Waals surface area contributed by atoms with Gasteiger partial charge in [0.25, 0.3) is 0 Å². The van der Waals surface area contributed by atoms with Crippen LogP contribution in [0.5, 0.6) is 0 Å². The van der Waals surface area contributed by atoms with E-state index in [4.69, 9.17) is 19.4 Å². The third kappa shape index (κ3) is 6.07. The predicted molar refractivity (Wildman–Crippen MR) is 191 cm³/mol. The van der Waals surface area contributed by atoms with E-state index in [2.05, 4.69) is 58.5 Å². The number of fused-ring (bicyclic) bond motifs is 4. The lowest BCUT2D eigenvalue weighted by molar-refractivity contribution is 0.00523. The fourth-order valence-electron chi connectivity index (χ4n) is 8.79. The number of aromatic nitrogens is 4. The smallest absolute Gasteiger partial charge is 0.411 e. The highest BCUT2D eigenvalue weighted by Crippen LogP contribution is 2.51. The molecule has 10 nitrogen and oxygen atoms in total. The summed E-state index contributed by atoms with van der Waals surface area (Å²) in [6, 6.07) is 17.2. The number of ether oxygens (including phenoxy) is 2. The first-order valence-electron chi connectivity index (χ1n) is 18.1. The lowest BCUT2D eigenvalue weighted by atomic mass is 9.98. The summed E-state index contributed by atoms with van der Waals surface area (Å²) in [5.41, 5.74) is 5.11. The summed E-state index contributed by atoms with van der Waals surface area (Å²) in [6.45, 7) is 11.5. The minimum atomic E-state index is -0.537. The summed E-state index contributed by atoms with van der Waals surface area (Å²) >= 11 is 0. The Morgan fingerprint density at radius 3 is 1.32 bits per heavy atom. The van der Waals surface area contributed by atoms with Gasteiger partial charge in [-0.25, -0.2) is 19.6 Å². The van der Waals surface area contributed by atoms with Gasteiger partial charge >= 0.3 is 12.2 Å². The Labute approximate surface area is 294 Å². The van der Waals surface area contributed by atoms with Crippen molar-refractivity contribution in [2.45, 2.75) is 115 Å². The van der Waals surface area contributed by atoms with Gasteiger partial charge in [-0.3, -0.25) is 9.80 Å². The summed E-state index contributed by atoms with van der Waals surface area (Å²) in [4.78, 5) is 46.8. The Morgan fingerprint density at radius 2 is 0.960 bits per heavy atom. The summed E-state index contributed by atoms with van der Waals surface area (Å²) in [5, 5.41) is 0. The van der Waals surface area contributed by atoms with E-state index in [1.165, 1.54) is 0 Å². The molecule has 2 amide bonds. The normalized spacial score (nSPS) is 25.8. The van der Waals surface area contributed by atoms with E-state index in [-0.39, 0.29) is 36.4 Å². The third-order valence-corrected chi connectivity index (χ3v) is 10.9. The first-order chi connectivity index (χ1) is 23.8. The SMILES string of the molecule is CC(C)(C)OC(=O)N1C2CCC(C2)C1c1ncc(-c2ccc(-c3ccc(-c4cnc(C5C6CCC(C6)N5C(=O)OC(C)(C)C)[nH]4)cc3)cc2)[nH]1. The molecule has 6 atom stereocenters. The number of aromatic amines is 2. The zero-order chi connectivity index (χ0) is 34.9. The van der Waals surface area contributed by atoms with Crippen LogP contribution < -0.4 is 0 Å². The van der Waals surface area contributed by atoms with Crippen molar-refractivity contribution in [1.82, 2.24) is 29.7 Å². The molecule has 10 heteroatoms. The van der Waals surface area contributed by atoms with Crippen LogP contribution in [0.1, 0.15) is 104 Å². The number of hydrogen-bond donors (Lipinski definition) is 2. The molecule has 4 heterocycles. The molecule has 2 aliphatic heterocycles. The van der Waals surface area contributed by atoms with Gasteiger partial charge < -0.3 is 19.4 Å². The molecule has 4 fully saturated rings. The predicted octanol–water partition coefficient (Wildman–Crippen LogP) is 9.05. The van der Waals surface area contributed by atoms with Gasteiger partial charge in [-0.15, -0.1) is 0 Å². The van der Waals surface area contributed by atoms with Gasteiger partial charge in [-0.05, 0) is 114 Å². The van der Waals surface area contributed by atoms with Gasteiger partial charge in [0.05, 0.1) is 35.9 Å². The second-order valence-electron chi connectivity index (χ2n) is 16.6. The number of imidazole rings is 2. The zero-order valence-corrected chi connectivity index (χ0v) is 29.9. The standard InChI is InChI=1S/C40H48N6O4/c1-39(2,3)49-37(47)45-29-17-15-27(19-29)33(45)35-41-21-31(43-35)25-11-7-23(8-12-25)24-9-13-26(14-10-24)32-22-42-36(44-32)34-28-16-18-30(20-28)46(34)38(48)50-40(4,5)6/h7-14,21-22,27-30,33-34H,15-20H2,1-6H3,(H,41,43)(H,42,44). The lowest BCUT2D eigenvalue weighted by Crippen LogP contribution is -2.43. The number of nitrogens with one attached hydrogen (secondary N) is 2. The molecule has 2 saturated carbocycles. The minimum Gasteiger partial charge on any atom is -0.444 e. The number of piperidine rings is 2. The summed E-state index contributed by atoms with van der Waals surface area (Å²) in [5.74, 6) is 2.46. The average molecular weight is 677 g/mol. The second-order valence-corrected chi connectivity index (χ2v) is 16.6. The highest BCUT2D eigenvalue weighted by Gasteiger charge is 2.52. The van der Waals surface area contributed by atoms with Gasteiger partial charge in [0, 0.05) is 12.1 Å². The third-order valence-electron chi connectivity index (χ3n) is 10.9. The lowest BCUT2D eigenvalue weighted by Gasteiger charge is -2.35. The van der Waals surface area contributed by atoms with Crippen molar-refractivity contribution in [3.05, 3.63) is 72.6 Å². The fraction of sp³-hybridized carbons (Fsp3) is 0.500. The number of benzene rings is 2. The molecule has 2 aromatic heterocycles. The topological polar surface area (TPSA) is 116 Å². The molecule has 4 bridgehead atoms. The first kappa shape index (κ1) is 32.6. The average Bonchev–Trinajstić information content (AvgIpc) is 3.92. The van der Waals surface area contributed by atoms with E-state index < -0.39 is 11.2 Å². The number of carbonyl (C=O) groups is 2. The number of likely N-dealkylation sites (tertiary alicyclic amines) is 2.